The van der Waals surface area contributed by atoms with E-state index in [0.717, 1.165) is 30.6 Å². The number of rotatable bonds is 6. The van der Waals surface area contributed by atoms with Crippen LogP contribution < -0.4 is 10.1 Å². The highest BCUT2D eigenvalue weighted by Crippen LogP contribution is 2.18. The number of hydrogen-bond donors (Lipinski definition) is 1. The van der Waals surface area contributed by atoms with Gasteiger partial charge in [-0.05, 0) is 54.7 Å². The van der Waals surface area contributed by atoms with Crippen LogP contribution in [-0.4, -0.2) is 11.9 Å². The molecule has 1 aliphatic rings. The van der Waals surface area contributed by atoms with Gasteiger partial charge in [-0.3, -0.25) is 4.79 Å². The first-order valence-electron chi connectivity index (χ1n) is 9.36. The Balaban J connectivity index is 1.57. The molecule has 0 bridgehead atoms. The lowest BCUT2D eigenvalue weighted by Gasteiger charge is -2.22. The summed E-state index contributed by atoms with van der Waals surface area (Å²) in [5, 5.41) is 3.17. The molecule has 0 atom stereocenters. The van der Waals surface area contributed by atoms with Crippen LogP contribution in [0.3, 0.4) is 0 Å². The van der Waals surface area contributed by atoms with E-state index < -0.39 is 0 Å². The van der Waals surface area contributed by atoms with Crippen molar-refractivity contribution in [2.24, 2.45) is 0 Å². The number of benzene rings is 2. The van der Waals surface area contributed by atoms with Crippen molar-refractivity contribution < 1.29 is 9.53 Å². The third kappa shape index (κ3) is 5.09. The lowest BCUT2D eigenvalue weighted by Crippen LogP contribution is -2.36. The fourth-order valence-corrected chi connectivity index (χ4v) is 3.31. The highest BCUT2D eigenvalue weighted by molar-refractivity contribution is 5.94. The van der Waals surface area contributed by atoms with Crippen molar-refractivity contribution in [2.75, 3.05) is 0 Å². The molecule has 3 rings (SSSR count). The molecule has 0 unspecified atom stereocenters. The van der Waals surface area contributed by atoms with Crippen LogP contribution in [0.5, 0.6) is 5.75 Å². The Bertz CT molecular complexity index is 687. The summed E-state index contributed by atoms with van der Waals surface area (Å²) in [5.41, 5.74) is 3.03. The standard InChI is InChI=1S/C22H27NO2/c1-2-17-11-13-21(14-12-17)25-16-18-7-6-8-19(15-18)22(24)23-20-9-4-3-5-10-20/h6-8,11-15,20H,2-5,9-10,16H2,1H3,(H,23,24). The van der Waals surface area contributed by atoms with Crippen molar-refractivity contribution in [3.05, 3.63) is 65.2 Å². The molecule has 132 valence electrons. The number of ether oxygens (including phenoxy) is 1. The van der Waals surface area contributed by atoms with Crippen LogP contribution in [0.4, 0.5) is 0 Å². The zero-order valence-corrected chi connectivity index (χ0v) is 15.0. The minimum Gasteiger partial charge on any atom is -0.489 e. The molecule has 1 N–H and O–H groups in total. The average Bonchev–Trinajstić information content (AvgIpc) is 2.68. The third-order valence-corrected chi connectivity index (χ3v) is 4.87. The summed E-state index contributed by atoms with van der Waals surface area (Å²) in [6.45, 7) is 2.61. The van der Waals surface area contributed by atoms with Crippen LogP contribution in [0.15, 0.2) is 48.5 Å². The van der Waals surface area contributed by atoms with E-state index in [-0.39, 0.29) is 5.91 Å². The molecule has 0 aliphatic heterocycles. The van der Waals surface area contributed by atoms with Gasteiger partial charge in [0.1, 0.15) is 12.4 Å². The number of aryl methyl sites for hydroxylation is 1. The number of carbonyl (C=O) groups excluding carboxylic acids is 1. The van der Waals surface area contributed by atoms with Gasteiger partial charge in [-0.25, -0.2) is 0 Å². The van der Waals surface area contributed by atoms with Crippen molar-refractivity contribution >= 4 is 5.91 Å². The maximum atomic E-state index is 12.5. The summed E-state index contributed by atoms with van der Waals surface area (Å²) in [7, 11) is 0. The van der Waals surface area contributed by atoms with Gasteiger partial charge in [0.15, 0.2) is 0 Å². The van der Waals surface area contributed by atoms with Crippen LogP contribution in [-0.2, 0) is 13.0 Å². The summed E-state index contributed by atoms with van der Waals surface area (Å²) in [6.07, 6.45) is 6.95. The molecule has 2 aromatic rings. The first-order valence-corrected chi connectivity index (χ1v) is 9.36. The summed E-state index contributed by atoms with van der Waals surface area (Å²) in [6, 6.07) is 16.2. The molecule has 1 amide bonds. The lowest BCUT2D eigenvalue weighted by molar-refractivity contribution is 0.0927. The van der Waals surface area contributed by atoms with Crippen molar-refractivity contribution in [3.8, 4) is 5.75 Å². The Labute approximate surface area is 150 Å². The Morgan fingerprint density at radius 2 is 1.80 bits per heavy atom. The summed E-state index contributed by atoms with van der Waals surface area (Å²) >= 11 is 0. The maximum Gasteiger partial charge on any atom is 0.251 e. The first-order chi connectivity index (χ1) is 12.2. The monoisotopic (exact) mass is 337 g/mol. The highest BCUT2D eigenvalue weighted by Gasteiger charge is 2.16. The maximum absolute atomic E-state index is 12.5. The molecular formula is C22H27NO2. The summed E-state index contributed by atoms with van der Waals surface area (Å²) in [5.74, 6) is 0.885. The van der Waals surface area contributed by atoms with Gasteiger partial charge in [-0.2, -0.15) is 0 Å². The Morgan fingerprint density at radius 1 is 1.04 bits per heavy atom. The highest BCUT2D eigenvalue weighted by atomic mass is 16.5. The van der Waals surface area contributed by atoms with Gasteiger partial charge in [-0.1, -0.05) is 50.5 Å². The largest absolute Gasteiger partial charge is 0.489 e. The van der Waals surface area contributed by atoms with E-state index in [0.29, 0.717) is 18.2 Å². The number of nitrogens with one attached hydrogen (secondary N) is 1. The van der Waals surface area contributed by atoms with E-state index in [9.17, 15) is 4.79 Å². The smallest absolute Gasteiger partial charge is 0.251 e. The van der Waals surface area contributed by atoms with E-state index in [1.807, 2.05) is 36.4 Å². The summed E-state index contributed by atoms with van der Waals surface area (Å²) in [4.78, 5) is 12.5. The van der Waals surface area contributed by atoms with Gasteiger partial charge in [0.05, 0.1) is 0 Å². The van der Waals surface area contributed by atoms with Gasteiger partial charge >= 0.3 is 0 Å². The number of hydrogen-bond acceptors (Lipinski definition) is 2. The molecule has 0 heterocycles. The van der Waals surface area contributed by atoms with Gasteiger partial charge in [0.25, 0.3) is 5.91 Å². The molecule has 3 heteroatoms. The predicted molar refractivity (Wildman–Crippen MR) is 101 cm³/mol. The van der Waals surface area contributed by atoms with Gasteiger partial charge in [-0.15, -0.1) is 0 Å². The third-order valence-electron chi connectivity index (χ3n) is 4.87. The second-order valence-corrected chi connectivity index (χ2v) is 6.79. The minimum atomic E-state index is 0.0287. The molecule has 0 saturated heterocycles. The molecule has 2 aromatic carbocycles. The number of amides is 1. The fourth-order valence-electron chi connectivity index (χ4n) is 3.31. The van der Waals surface area contributed by atoms with Crippen molar-refractivity contribution in [2.45, 2.75) is 58.1 Å². The Morgan fingerprint density at radius 3 is 2.52 bits per heavy atom. The molecule has 1 fully saturated rings. The molecule has 0 radical (unpaired) electrons. The topological polar surface area (TPSA) is 38.3 Å². The van der Waals surface area contributed by atoms with Crippen molar-refractivity contribution in [1.82, 2.24) is 5.32 Å². The van der Waals surface area contributed by atoms with Gasteiger partial charge in [0, 0.05) is 11.6 Å². The van der Waals surface area contributed by atoms with Crippen LogP contribution >= 0.6 is 0 Å². The zero-order valence-electron chi connectivity index (χ0n) is 15.0. The normalized spacial score (nSPS) is 14.9. The van der Waals surface area contributed by atoms with E-state index in [1.165, 1.54) is 24.8 Å². The van der Waals surface area contributed by atoms with Gasteiger partial charge in [0.2, 0.25) is 0 Å². The van der Waals surface area contributed by atoms with Crippen LogP contribution in [0.2, 0.25) is 0 Å². The molecular weight excluding hydrogens is 310 g/mol. The second-order valence-electron chi connectivity index (χ2n) is 6.79. The lowest BCUT2D eigenvalue weighted by atomic mass is 9.95. The van der Waals surface area contributed by atoms with Crippen molar-refractivity contribution in [1.29, 1.82) is 0 Å². The van der Waals surface area contributed by atoms with Crippen LogP contribution in [0, 0.1) is 0 Å². The quantitative estimate of drug-likeness (QED) is 0.815. The molecule has 0 aromatic heterocycles. The zero-order chi connectivity index (χ0) is 17.5. The predicted octanol–water partition coefficient (Wildman–Crippen LogP) is 4.89. The SMILES string of the molecule is CCc1ccc(OCc2cccc(C(=O)NC3CCCCC3)c2)cc1. The van der Waals surface area contributed by atoms with E-state index >= 15 is 0 Å². The van der Waals surface area contributed by atoms with Crippen LogP contribution in [0.1, 0.15) is 60.5 Å². The van der Waals surface area contributed by atoms with E-state index in [4.69, 9.17) is 4.74 Å². The van der Waals surface area contributed by atoms with Crippen LogP contribution in [0.25, 0.3) is 0 Å². The molecule has 1 aliphatic carbocycles. The van der Waals surface area contributed by atoms with E-state index in [1.54, 1.807) is 0 Å². The molecule has 3 nitrogen and oxygen atoms in total. The fraction of sp³-hybridized carbons (Fsp3) is 0.409. The molecule has 25 heavy (non-hydrogen) atoms. The Hall–Kier alpha value is -2.29. The first kappa shape index (κ1) is 17.5. The minimum absolute atomic E-state index is 0.0287. The van der Waals surface area contributed by atoms with Gasteiger partial charge < -0.3 is 10.1 Å². The number of carbonyl (C=O) groups is 1. The molecule has 0 spiro atoms. The van der Waals surface area contributed by atoms with Crippen molar-refractivity contribution in [3.63, 3.8) is 0 Å². The van der Waals surface area contributed by atoms with E-state index in [2.05, 4.69) is 24.4 Å². The summed E-state index contributed by atoms with van der Waals surface area (Å²) < 4.78 is 5.84. The average molecular weight is 337 g/mol. The second kappa shape index (κ2) is 8.70. The molecule has 1 saturated carbocycles. The Kier molecular flexibility index (Phi) is 6.10.